The van der Waals surface area contributed by atoms with Gasteiger partial charge in [0.1, 0.15) is 0 Å². The maximum absolute atomic E-state index is 4.79. The van der Waals surface area contributed by atoms with E-state index in [-0.39, 0.29) is 0 Å². The zero-order valence-electron chi connectivity index (χ0n) is 11.9. The maximum atomic E-state index is 4.79. The third-order valence-electron chi connectivity index (χ3n) is 3.63. The van der Waals surface area contributed by atoms with Crippen LogP contribution in [0.15, 0.2) is 34.2 Å². The van der Waals surface area contributed by atoms with Gasteiger partial charge < -0.3 is 0 Å². The van der Waals surface area contributed by atoms with Gasteiger partial charge in [-0.15, -0.1) is 11.8 Å². The number of aryl methyl sites for hydroxylation is 1. The van der Waals surface area contributed by atoms with Gasteiger partial charge in [-0.25, -0.2) is 0 Å². The van der Waals surface area contributed by atoms with Crippen LogP contribution < -0.4 is 0 Å². The number of hydrogen-bond donors (Lipinski definition) is 0. The lowest BCUT2D eigenvalue weighted by atomic mass is 10.1. The highest BCUT2D eigenvalue weighted by Crippen LogP contribution is 2.42. The summed E-state index contributed by atoms with van der Waals surface area (Å²) in [5, 5.41) is 1.19. The van der Waals surface area contributed by atoms with Crippen LogP contribution in [0.25, 0.3) is 10.9 Å². The smallest absolute Gasteiger partial charge is 0.0873 e. The lowest BCUT2D eigenvalue weighted by Gasteiger charge is -2.07. The molecule has 1 aromatic carbocycles. The zero-order valence-corrected chi connectivity index (χ0v) is 12.7. The first kappa shape index (κ1) is 13.6. The van der Waals surface area contributed by atoms with Gasteiger partial charge in [0.05, 0.1) is 21.8 Å². The predicted octanol–water partition coefficient (Wildman–Crippen LogP) is 5.17. The Morgan fingerprint density at radius 1 is 1.30 bits per heavy atom. The second kappa shape index (κ2) is 6.40. The Morgan fingerprint density at radius 2 is 2.20 bits per heavy atom. The summed E-state index contributed by atoms with van der Waals surface area (Å²) in [7, 11) is 0. The minimum atomic E-state index is 1.07. The minimum absolute atomic E-state index is 1.07. The molecule has 0 aliphatic carbocycles. The number of thioether (sulfide) groups is 1. The molecule has 0 unspecified atom stereocenters. The first-order chi connectivity index (χ1) is 9.90. The molecule has 0 atom stereocenters. The summed E-state index contributed by atoms with van der Waals surface area (Å²) in [5.74, 6) is 1.14. The van der Waals surface area contributed by atoms with Crippen molar-refractivity contribution in [2.24, 2.45) is 4.99 Å². The lowest BCUT2D eigenvalue weighted by molar-refractivity contribution is 0.746. The van der Waals surface area contributed by atoms with Crippen LogP contribution in [0.5, 0.6) is 0 Å². The number of rotatable bonds is 5. The SMILES string of the molecule is CCCCCC=Nc1c2c(nc3ccccc13)CCS2. The van der Waals surface area contributed by atoms with E-state index in [0.717, 1.165) is 29.8 Å². The van der Waals surface area contributed by atoms with Crippen molar-refractivity contribution in [1.82, 2.24) is 4.98 Å². The van der Waals surface area contributed by atoms with Gasteiger partial charge in [0.25, 0.3) is 0 Å². The molecule has 1 aliphatic rings. The second-order valence-electron chi connectivity index (χ2n) is 5.16. The van der Waals surface area contributed by atoms with Crippen molar-refractivity contribution in [3.05, 3.63) is 30.0 Å². The summed E-state index contributed by atoms with van der Waals surface area (Å²) in [6.07, 6.45) is 8.02. The van der Waals surface area contributed by atoms with Crippen LogP contribution in [0.3, 0.4) is 0 Å². The van der Waals surface area contributed by atoms with Gasteiger partial charge >= 0.3 is 0 Å². The van der Waals surface area contributed by atoms with E-state index in [1.165, 1.54) is 35.2 Å². The van der Waals surface area contributed by atoms with E-state index in [1.54, 1.807) is 0 Å². The van der Waals surface area contributed by atoms with Crippen LogP contribution in [0.1, 0.15) is 38.3 Å². The van der Waals surface area contributed by atoms with Gasteiger partial charge in [-0.05, 0) is 18.9 Å². The molecule has 20 heavy (non-hydrogen) atoms. The molecular weight excluding hydrogens is 264 g/mol. The number of pyridine rings is 1. The third-order valence-corrected chi connectivity index (χ3v) is 4.76. The summed E-state index contributed by atoms with van der Waals surface area (Å²) in [6.45, 7) is 2.23. The highest BCUT2D eigenvalue weighted by molar-refractivity contribution is 7.99. The molecule has 0 amide bonds. The Labute approximate surface area is 124 Å². The number of benzene rings is 1. The van der Waals surface area contributed by atoms with E-state index in [4.69, 9.17) is 9.98 Å². The molecule has 0 fully saturated rings. The zero-order chi connectivity index (χ0) is 13.8. The lowest BCUT2D eigenvalue weighted by Crippen LogP contribution is -1.90. The number of aromatic nitrogens is 1. The summed E-state index contributed by atoms with van der Waals surface area (Å²) in [5.41, 5.74) is 3.45. The van der Waals surface area contributed by atoms with Crippen molar-refractivity contribution >= 4 is 34.6 Å². The first-order valence-electron chi connectivity index (χ1n) is 7.47. The van der Waals surface area contributed by atoms with Crippen LogP contribution in [-0.4, -0.2) is 17.0 Å². The molecule has 0 N–H and O–H groups in total. The number of para-hydroxylation sites is 1. The molecule has 3 rings (SSSR count). The summed E-state index contributed by atoms with van der Waals surface area (Å²) >= 11 is 1.90. The van der Waals surface area contributed by atoms with E-state index >= 15 is 0 Å². The Morgan fingerprint density at radius 3 is 3.10 bits per heavy atom. The van der Waals surface area contributed by atoms with Crippen molar-refractivity contribution < 1.29 is 0 Å². The Bertz CT molecular complexity index is 634. The van der Waals surface area contributed by atoms with Crippen LogP contribution >= 0.6 is 11.8 Å². The topological polar surface area (TPSA) is 25.2 Å². The fourth-order valence-electron chi connectivity index (χ4n) is 2.57. The molecule has 2 nitrogen and oxygen atoms in total. The Hall–Kier alpha value is -1.35. The van der Waals surface area contributed by atoms with E-state index in [0.29, 0.717) is 0 Å². The van der Waals surface area contributed by atoms with Gasteiger partial charge in [-0.1, -0.05) is 38.0 Å². The quantitative estimate of drug-likeness (QED) is 0.559. The molecule has 1 aliphatic heterocycles. The summed E-state index contributed by atoms with van der Waals surface area (Å²) in [6, 6.07) is 8.36. The summed E-state index contributed by atoms with van der Waals surface area (Å²) < 4.78 is 0. The number of unbranched alkanes of at least 4 members (excludes halogenated alkanes) is 3. The Kier molecular flexibility index (Phi) is 4.36. The average molecular weight is 284 g/mol. The fraction of sp³-hybridized carbons (Fsp3) is 0.412. The number of aliphatic imine (C=N–C) groups is 1. The van der Waals surface area contributed by atoms with E-state index in [2.05, 4.69) is 37.4 Å². The van der Waals surface area contributed by atoms with Crippen molar-refractivity contribution in [2.75, 3.05) is 5.75 Å². The number of hydrogen-bond acceptors (Lipinski definition) is 3. The van der Waals surface area contributed by atoms with Gasteiger partial charge in [-0.3, -0.25) is 9.98 Å². The monoisotopic (exact) mass is 284 g/mol. The van der Waals surface area contributed by atoms with Crippen molar-refractivity contribution in [2.45, 2.75) is 43.9 Å². The molecular formula is C17H20N2S. The van der Waals surface area contributed by atoms with Crippen LogP contribution in [0.4, 0.5) is 5.69 Å². The van der Waals surface area contributed by atoms with Crippen molar-refractivity contribution in [3.63, 3.8) is 0 Å². The fourth-order valence-corrected chi connectivity index (χ4v) is 3.68. The molecule has 0 bridgehead atoms. The number of fused-ring (bicyclic) bond motifs is 2. The first-order valence-corrected chi connectivity index (χ1v) is 8.45. The van der Waals surface area contributed by atoms with Crippen LogP contribution in [-0.2, 0) is 6.42 Å². The molecule has 1 aromatic heterocycles. The molecule has 0 saturated carbocycles. The van der Waals surface area contributed by atoms with E-state index in [1.807, 2.05) is 11.8 Å². The molecule has 3 heteroatoms. The van der Waals surface area contributed by atoms with Gasteiger partial charge in [-0.2, -0.15) is 0 Å². The van der Waals surface area contributed by atoms with Gasteiger partial charge in [0, 0.05) is 23.8 Å². The summed E-state index contributed by atoms with van der Waals surface area (Å²) in [4.78, 5) is 10.9. The molecule has 0 saturated heterocycles. The van der Waals surface area contributed by atoms with E-state index < -0.39 is 0 Å². The van der Waals surface area contributed by atoms with E-state index in [9.17, 15) is 0 Å². The highest BCUT2D eigenvalue weighted by Gasteiger charge is 2.19. The van der Waals surface area contributed by atoms with Crippen molar-refractivity contribution in [3.8, 4) is 0 Å². The number of nitrogens with zero attached hydrogens (tertiary/aromatic N) is 2. The largest absolute Gasteiger partial charge is 0.259 e. The molecule has 104 valence electrons. The molecule has 2 aromatic rings. The Balaban J connectivity index is 1.95. The minimum Gasteiger partial charge on any atom is -0.259 e. The third kappa shape index (κ3) is 2.73. The average Bonchev–Trinajstić information content (AvgIpc) is 2.94. The van der Waals surface area contributed by atoms with Gasteiger partial charge in [0.2, 0.25) is 0 Å². The normalized spacial score (nSPS) is 14.2. The maximum Gasteiger partial charge on any atom is 0.0873 e. The molecule has 2 heterocycles. The standard InChI is InChI=1S/C17H20N2S/c1-2-3-4-7-11-18-16-13-8-5-6-9-14(13)19-15-10-12-20-17(15)16/h5-6,8-9,11H,2-4,7,10,12H2,1H3. The predicted molar refractivity (Wildman–Crippen MR) is 88.5 cm³/mol. The van der Waals surface area contributed by atoms with Crippen LogP contribution in [0, 0.1) is 0 Å². The second-order valence-corrected chi connectivity index (χ2v) is 6.26. The van der Waals surface area contributed by atoms with Crippen molar-refractivity contribution in [1.29, 1.82) is 0 Å². The molecule has 0 spiro atoms. The van der Waals surface area contributed by atoms with Gasteiger partial charge in [0.15, 0.2) is 0 Å². The highest BCUT2D eigenvalue weighted by atomic mass is 32.2. The van der Waals surface area contributed by atoms with Crippen LogP contribution in [0.2, 0.25) is 0 Å². The molecule has 0 radical (unpaired) electrons.